The average molecular weight is 570 g/mol. The Bertz CT molecular complexity index is 622. The van der Waals surface area contributed by atoms with Crippen LogP contribution in [0.5, 0.6) is 0 Å². The normalized spacial score (nSPS) is 15.7. The van der Waals surface area contributed by atoms with Crippen LogP contribution in [0.1, 0.15) is 38.7 Å². The van der Waals surface area contributed by atoms with E-state index in [1.54, 1.807) is 6.07 Å². The van der Waals surface area contributed by atoms with Crippen molar-refractivity contribution in [2.75, 3.05) is 58.9 Å². The molecule has 0 saturated carbocycles. The standard InChI is InChI=1S/C22H37Cl2N5.HI/c1-3-25-22(27-12-7-8-19-9-10-20(23)18-21(19)24)26-11-5-6-13-29-16-14-28(4-2)15-17-29;/h9-10,18H,3-8,11-17H2,1-2H3,(H2,25,26,27);1H. The highest BCUT2D eigenvalue weighted by molar-refractivity contribution is 14.0. The third-order valence-corrected chi connectivity index (χ3v) is 5.93. The van der Waals surface area contributed by atoms with Crippen LogP contribution in [0, 0.1) is 0 Å². The van der Waals surface area contributed by atoms with E-state index < -0.39 is 0 Å². The number of likely N-dealkylation sites (N-methyl/N-ethyl adjacent to an activating group) is 1. The van der Waals surface area contributed by atoms with Gasteiger partial charge in [-0.05, 0) is 63.4 Å². The zero-order chi connectivity index (χ0) is 20.9. The van der Waals surface area contributed by atoms with Crippen LogP contribution in [0.15, 0.2) is 23.2 Å². The van der Waals surface area contributed by atoms with E-state index in [0.29, 0.717) is 5.02 Å². The fourth-order valence-corrected chi connectivity index (χ4v) is 4.03. The van der Waals surface area contributed by atoms with Gasteiger partial charge in [-0.25, -0.2) is 0 Å². The number of rotatable bonds is 11. The summed E-state index contributed by atoms with van der Waals surface area (Å²) in [6.45, 7) is 14.2. The predicted octanol–water partition coefficient (Wildman–Crippen LogP) is 4.52. The molecule has 1 heterocycles. The number of halogens is 3. The zero-order valence-electron chi connectivity index (χ0n) is 18.4. The van der Waals surface area contributed by atoms with E-state index in [4.69, 9.17) is 28.2 Å². The molecule has 0 radical (unpaired) electrons. The molecule has 0 unspecified atom stereocenters. The lowest BCUT2D eigenvalue weighted by Crippen LogP contribution is -2.46. The number of nitrogens with one attached hydrogen (secondary N) is 2. The molecule has 0 aliphatic carbocycles. The lowest BCUT2D eigenvalue weighted by Gasteiger charge is -2.34. The van der Waals surface area contributed by atoms with Crippen LogP contribution >= 0.6 is 47.2 Å². The second kappa shape index (κ2) is 16.4. The van der Waals surface area contributed by atoms with Crippen LogP contribution in [0.25, 0.3) is 0 Å². The van der Waals surface area contributed by atoms with Crippen LogP contribution in [0.4, 0.5) is 0 Å². The summed E-state index contributed by atoms with van der Waals surface area (Å²) in [7, 11) is 0. The molecule has 1 aliphatic heterocycles. The quantitative estimate of drug-likeness (QED) is 0.178. The van der Waals surface area contributed by atoms with E-state index in [1.165, 1.54) is 52.1 Å². The van der Waals surface area contributed by atoms with Crippen LogP contribution in [-0.4, -0.2) is 74.7 Å². The van der Waals surface area contributed by atoms with Gasteiger partial charge in [0.25, 0.3) is 0 Å². The Morgan fingerprint density at radius 2 is 1.73 bits per heavy atom. The number of piperazine rings is 1. The van der Waals surface area contributed by atoms with Crippen LogP contribution in [0.3, 0.4) is 0 Å². The van der Waals surface area contributed by atoms with Gasteiger partial charge in [-0.15, -0.1) is 24.0 Å². The van der Waals surface area contributed by atoms with Gasteiger partial charge in [0, 0.05) is 55.9 Å². The van der Waals surface area contributed by atoms with Gasteiger partial charge < -0.3 is 20.4 Å². The number of hydrogen-bond donors (Lipinski definition) is 2. The van der Waals surface area contributed by atoms with Crippen LogP contribution in [-0.2, 0) is 6.42 Å². The highest BCUT2D eigenvalue weighted by Crippen LogP contribution is 2.21. The van der Waals surface area contributed by atoms with Gasteiger partial charge in [0.05, 0.1) is 0 Å². The van der Waals surface area contributed by atoms with E-state index in [0.717, 1.165) is 49.0 Å². The Kier molecular flexibility index (Phi) is 15.1. The number of guanidine groups is 1. The number of unbranched alkanes of at least 4 members (excludes halogenated alkanes) is 1. The van der Waals surface area contributed by atoms with Gasteiger partial charge in [-0.3, -0.25) is 4.99 Å². The van der Waals surface area contributed by atoms with E-state index in [2.05, 4.69) is 34.3 Å². The van der Waals surface area contributed by atoms with Gasteiger partial charge in [0.2, 0.25) is 0 Å². The minimum Gasteiger partial charge on any atom is -0.357 e. The van der Waals surface area contributed by atoms with Gasteiger partial charge >= 0.3 is 0 Å². The lowest BCUT2D eigenvalue weighted by atomic mass is 10.1. The average Bonchev–Trinajstić information content (AvgIpc) is 2.72. The Morgan fingerprint density at radius 3 is 2.40 bits per heavy atom. The summed E-state index contributed by atoms with van der Waals surface area (Å²) in [6.07, 6.45) is 4.26. The molecule has 1 fully saturated rings. The van der Waals surface area contributed by atoms with Crippen molar-refractivity contribution in [3.63, 3.8) is 0 Å². The van der Waals surface area contributed by atoms with Crippen molar-refractivity contribution in [3.05, 3.63) is 33.8 Å². The van der Waals surface area contributed by atoms with Crippen molar-refractivity contribution in [2.45, 2.75) is 39.5 Å². The van der Waals surface area contributed by atoms with Gasteiger partial charge in [-0.2, -0.15) is 0 Å². The molecular formula is C22H38Cl2IN5. The second-order valence-corrected chi connectivity index (χ2v) is 8.35. The third kappa shape index (κ3) is 10.8. The first kappa shape index (κ1) is 27.8. The van der Waals surface area contributed by atoms with Gasteiger partial charge in [-0.1, -0.05) is 36.2 Å². The summed E-state index contributed by atoms with van der Waals surface area (Å²) in [5.41, 5.74) is 1.13. The van der Waals surface area contributed by atoms with Crippen LogP contribution in [0.2, 0.25) is 10.0 Å². The number of benzene rings is 1. The molecule has 2 N–H and O–H groups in total. The Morgan fingerprint density at radius 1 is 1.00 bits per heavy atom. The molecule has 0 aromatic heterocycles. The smallest absolute Gasteiger partial charge is 0.191 e. The van der Waals surface area contributed by atoms with Crippen molar-refractivity contribution in [1.82, 2.24) is 20.4 Å². The summed E-state index contributed by atoms with van der Waals surface area (Å²) in [6, 6.07) is 5.69. The van der Waals surface area contributed by atoms with Gasteiger partial charge in [0.1, 0.15) is 0 Å². The minimum absolute atomic E-state index is 0. The monoisotopic (exact) mass is 569 g/mol. The molecule has 0 atom stereocenters. The van der Waals surface area contributed by atoms with Crippen molar-refractivity contribution in [1.29, 1.82) is 0 Å². The van der Waals surface area contributed by atoms with E-state index in [-0.39, 0.29) is 24.0 Å². The first-order valence-corrected chi connectivity index (χ1v) is 11.8. The molecule has 0 bridgehead atoms. The summed E-state index contributed by atoms with van der Waals surface area (Å²) in [5.74, 6) is 0.909. The largest absolute Gasteiger partial charge is 0.357 e. The van der Waals surface area contributed by atoms with Crippen molar-refractivity contribution in [3.8, 4) is 0 Å². The van der Waals surface area contributed by atoms with Crippen LogP contribution < -0.4 is 10.6 Å². The molecule has 30 heavy (non-hydrogen) atoms. The van der Waals surface area contributed by atoms with Gasteiger partial charge in [0.15, 0.2) is 5.96 Å². The van der Waals surface area contributed by atoms with E-state index in [9.17, 15) is 0 Å². The highest BCUT2D eigenvalue weighted by Gasteiger charge is 2.14. The maximum absolute atomic E-state index is 6.24. The number of nitrogens with zero attached hydrogens (tertiary/aromatic N) is 3. The Hall–Kier alpha value is -0.280. The molecule has 1 saturated heterocycles. The topological polar surface area (TPSA) is 42.9 Å². The first-order chi connectivity index (χ1) is 14.1. The van der Waals surface area contributed by atoms with Crippen molar-refractivity contribution >= 4 is 53.1 Å². The van der Waals surface area contributed by atoms with E-state index >= 15 is 0 Å². The highest BCUT2D eigenvalue weighted by atomic mass is 127. The Labute approximate surface area is 210 Å². The molecule has 2 rings (SSSR count). The number of aryl methyl sites for hydroxylation is 1. The zero-order valence-corrected chi connectivity index (χ0v) is 22.3. The molecule has 0 amide bonds. The first-order valence-electron chi connectivity index (χ1n) is 11.0. The van der Waals surface area contributed by atoms with Crippen molar-refractivity contribution < 1.29 is 0 Å². The fraction of sp³-hybridized carbons (Fsp3) is 0.682. The molecule has 172 valence electrons. The third-order valence-electron chi connectivity index (χ3n) is 5.34. The molecule has 0 spiro atoms. The lowest BCUT2D eigenvalue weighted by molar-refractivity contribution is 0.136. The SMILES string of the molecule is CCNC(=NCCCc1ccc(Cl)cc1Cl)NCCCCN1CCN(CC)CC1.I. The van der Waals surface area contributed by atoms with E-state index in [1.807, 2.05) is 12.1 Å². The molecule has 5 nitrogen and oxygen atoms in total. The summed E-state index contributed by atoms with van der Waals surface area (Å²) in [5, 5.41) is 8.21. The molecule has 1 aromatic carbocycles. The molecule has 1 aliphatic rings. The Balaban J connectivity index is 0.00000450. The summed E-state index contributed by atoms with van der Waals surface area (Å²) >= 11 is 12.2. The minimum atomic E-state index is 0. The maximum Gasteiger partial charge on any atom is 0.191 e. The molecular weight excluding hydrogens is 532 g/mol. The number of aliphatic imine (C=N–C) groups is 1. The second-order valence-electron chi connectivity index (χ2n) is 7.51. The summed E-state index contributed by atoms with van der Waals surface area (Å²) in [4.78, 5) is 9.81. The fourth-order valence-electron chi connectivity index (χ4n) is 3.52. The van der Waals surface area contributed by atoms with Crippen molar-refractivity contribution in [2.24, 2.45) is 4.99 Å². The molecule has 1 aromatic rings. The molecule has 8 heteroatoms. The maximum atomic E-state index is 6.24. The summed E-state index contributed by atoms with van der Waals surface area (Å²) < 4.78 is 0. The number of hydrogen-bond acceptors (Lipinski definition) is 3. The predicted molar refractivity (Wildman–Crippen MR) is 142 cm³/mol.